The van der Waals surface area contributed by atoms with Gasteiger partial charge in [0.25, 0.3) is 0 Å². The summed E-state index contributed by atoms with van der Waals surface area (Å²) in [7, 11) is 0. The Bertz CT molecular complexity index is 602. The minimum Gasteiger partial charge on any atom is -0.487 e. The molecule has 0 radical (unpaired) electrons. The summed E-state index contributed by atoms with van der Waals surface area (Å²) >= 11 is 15.2. The van der Waals surface area contributed by atoms with Crippen LogP contribution in [0, 0.1) is 5.82 Å². The molecule has 2 aromatic rings. The van der Waals surface area contributed by atoms with E-state index in [0.717, 1.165) is 0 Å². The first kappa shape index (κ1) is 14.4. The maximum Gasteiger partial charge on any atom is 0.139 e. The van der Waals surface area contributed by atoms with Crippen molar-refractivity contribution in [1.29, 1.82) is 0 Å². The fourth-order valence-corrected chi connectivity index (χ4v) is 2.38. The zero-order chi connectivity index (χ0) is 14.0. The molecule has 2 N–H and O–H groups in total. The molecule has 0 amide bonds. The van der Waals surface area contributed by atoms with Gasteiger partial charge in [0.05, 0.1) is 10.0 Å². The summed E-state index contributed by atoms with van der Waals surface area (Å²) < 4.78 is 19.4. The summed E-state index contributed by atoms with van der Waals surface area (Å²) in [6.45, 7) is 0.152. The van der Waals surface area contributed by atoms with Crippen molar-refractivity contribution < 1.29 is 9.13 Å². The first-order valence-corrected chi connectivity index (χ1v) is 6.83. The minimum absolute atomic E-state index is 0.152. The highest BCUT2D eigenvalue weighted by molar-refractivity contribution is 9.10. The molecule has 100 valence electrons. The lowest BCUT2D eigenvalue weighted by molar-refractivity contribution is 0.306. The minimum atomic E-state index is -0.404. The fourth-order valence-electron chi connectivity index (χ4n) is 1.53. The van der Waals surface area contributed by atoms with Crippen LogP contribution in [0.5, 0.6) is 5.75 Å². The third-order valence-electron chi connectivity index (χ3n) is 2.35. The molecule has 2 aromatic carbocycles. The highest BCUT2D eigenvalue weighted by atomic mass is 79.9. The molecular formula is C13H9BrCl2FNO. The van der Waals surface area contributed by atoms with Gasteiger partial charge in [-0.05, 0) is 45.8 Å². The molecule has 0 bridgehead atoms. The van der Waals surface area contributed by atoms with Crippen LogP contribution in [0.15, 0.2) is 34.8 Å². The van der Waals surface area contributed by atoms with E-state index in [-0.39, 0.29) is 6.61 Å². The molecule has 0 unspecified atom stereocenters. The van der Waals surface area contributed by atoms with Crippen LogP contribution >= 0.6 is 39.1 Å². The first-order valence-electron chi connectivity index (χ1n) is 5.28. The van der Waals surface area contributed by atoms with Crippen molar-refractivity contribution in [3.05, 3.63) is 56.2 Å². The van der Waals surface area contributed by atoms with Gasteiger partial charge < -0.3 is 10.5 Å². The second kappa shape index (κ2) is 5.99. The summed E-state index contributed by atoms with van der Waals surface area (Å²) in [6.07, 6.45) is 0. The van der Waals surface area contributed by atoms with Gasteiger partial charge >= 0.3 is 0 Å². The molecule has 0 aliphatic heterocycles. The van der Waals surface area contributed by atoms with E-state index < -0.39 is 5.82 Å². The van der Waals surface area contributed by atoms with E-state index in [2.05, 4.69) is 15.9 Å². The fraction of sp³-hybridized carbons (Fsp3) is 0.0769. The smallest absolute Gasteiger partial charge is 0.139 e. The van der Waals surface area contributed by atoms with Gasteiger partial charge in [0.2, 0.25) is 0 Å². The number of benzene rings is 2. The van der Waals surface area contributed by atoms with E-state index in [4.69, 9.17) is 33.7 Å². The summed E-state index contributed by atoms with van der Waals surface area (Å²) in [5.41, 5.74) is 6.52. The Morgan fingerprint density at radius 3 is 2.53 bits per heavy atom. The Morgan fingerprint density at radius 1 is 1.11 bits per heavy atom. The van der Waals surface area contributed by atoms with Gasteiger partial charge in [0.1, 0.15) is 18.2 Å². The number of nitrogen functional groups attached to an aromatic ring is 1. The van der Waals surface area contributed by atoms with Gasteiger partial charge in [-0.25, -0.2) is 4.39 Å². The highest BCUT2D eigenvalue weighted by Gasteiger charge is 2.07. The molecule has 0 saturated heterocycles. The Labute approximate surface area is 128 Å². The van der Waals surface area contributed by atoms with Crippen molar-refractivity contribution in [1.82, 2.24) is 0 Å². The second-order valence-corrected chi connectivity index (χ2v) is 5.55. The first-order chi connectivity index (χ1) is 8.95. The lowest BCUT2D eigenvalue weighted by Gasteiger charge is -2.10. The molecule has 0 aromatic heterocycles. The van der Waals surface area contributed by atoms with Crippen LogP contribution in [-0.2, 0) is 6.61 Å². The molecule has 2 nitrogen and oxygen atoms in total. The van der Waals surface area contributed by atoms with Gasteiger partial charge in [0.15, 0.2) is 0 Å². The Morgan fingerprint density at radius 2 is 1.84 bits per heavy atom. The van der Waals surface area contributed by atoms with Crippen LogP contribution in [0.25, 0.3) is 0 Å². The standard InChI is InChI=1S/C13H9BrCl2FNO/c14-10-4-12(16)13(5-11(10)15)19-6-7-1-8(17)3-9(18)2-7/h1-5H,6,18H2. The van der Waals surface area contributed by atoms with Crippen LogP contribution in [0.2, 0.25) is 10.0 Å². The zero-order valence-electron chi connectivity index (χ0n) is 9.59. The highest BCUT2D eigenvalue weighted by Crippen LogP contribution is 2.34. The normalized spacial score (nSPS) is 10.5. The SMILES string of the molecule is Nc1cc(F)cc(COc2cc(Cl)c(Br)cc2Cl)c1. The molecule has 0 heterocycles. The number of hydrogen-bond donors (Lipinski definition) is 1. The molecule has 0 fully saturated rings. The third kappa shape index (κ3) is 3.75. The van der Waals surface area contributed by atoms with E-state index in [1.54, 1.807) is 18.2 Å². The predicted molar refractivity (Wildman–Crippen MR) is 79.3 cm³/mol. The van der Waals surface area contributed by atoms with Gasteiger partial charge in [-0.15, -0.1) is 0 Å². The molecule has 0 atom stereocenters. The Hall–Kier alpha value is -0.970. The van der Waals surface area contributed by atoms with Crippen molar-refractivity contribution >= 4 is 44.8 Å². The number of hydrogen-bond acceptors (Lipinski definition) is 2. The van der Waals surface area contributed by atoms with Crippen molar-refractivity contribution in [3.63, 3.8) is 0 Å². The molecule has 6 heteroatoms. The molecular weight excluding hydrogens is 356 g/mol. The summed E-state index contributed by atoms with van der Waals surface area (Å²) in [4.78, 5) is 0. The predicted octanol–water partition coefficient (Wildman–Crippen LogP) is 5.06. The maximum absolute atomic E-state index is 13.2. The topological polar surface area (TPSA) is 35.2 Å². The van der Waals surface area contributed by atoms with Crippen LogP contribution in [0.3, 0.4) is 0 Å². The summed E-state index contributed by atoms with van der Waals surface area (Å²) in [6, 6.07) is 7.46. The average Bonchev–Trinajstić information content (AvgIpc) is 2.31. The van der Waals surface area contributed by atoms with Crippen molar-refractivity contribution in [2.45, 2.75) is 6.61 Å². The molecule has 0 aliphatic rings. The number of anilines is 1. The van der Waals surface area contributed by atoms with Crippen molar-refractivity contribution in [2.75, 3.05) is 5.73 Å². The molecule has 2 rings (SSSR count). The van der Waals surface area contributed by atoms with Gasteiger partial charge in [-0.3, -0.25) is 0 Å². The molecule has 0 aliphatic carbocycles. The van der Waals surface area contributed by atoms with Crippen LogP contribution in [0.1, 0.15) is 5.56 Å². The van der Waals surface area contributed by atoms with E-state index in [1.807, 2.05) is 0 Å². The number of nitrogens with two attached hydrogens (primary N) is 1. The number of rotatable bonds is 3. The number of halogens is 4. The van der Waals surface area contributed by atoms with Crippen LogP contribution in [0.4, 0.5) is 10.1 Å². The summed E-state index contributed by atoms with van der Waals surface area (Å²) in [5, 5.41) is 0.902. The molecule has 0 spiro atoms. The average molecular weight is 365 g/mol. The third-order valence-corrected chi connectivity index (χ3v) is 3.84. The molecule has 0 saturated carbocycles. The zero-order valence-corrected chi connectivity index (χ0v) is 12.7. The summed E-state index contributed by atoms with van der Waals surface area (Å²) in [5.74, 6) is 0.0243. The van der Waals surface area contributed by atoms with E-state index >= 15 is 0 Å². The lowest BCUT2D eigenvalue weighted by atomic mass is 10.2. The maximum atomic E-state index is 13.2. The monoisotopic (exact) mass is 363 g/mol. The van der Waals surface area contributed by atoms with Gasteiger partial charge in [-0.1, -0.05) is 23.2 Å². The second-order valence-electron chi connectivity index (χ2n) is 3.88. The molecule has 19 heavy (non-hydrogen) atoms. The number of ether oxygens (including phenoxy) is 1. The van der Waals surface area contributed by atoms with Crippen LogP contribution < -0.4 is 10.5 Å². The Kier molecular flexibility index (Phi) is 4.55. The lowest BCUT2D eigenvalue weighted by Crippen LogP contribution is -1.98. The van der Waals surface area contributed by atoms with Gasteiger partial charge in [0, 0.05) is 16.2 Å². The van der Waals surface area contributed by atoms with Crippen molar-refractivity contribution in [3.8, 4) is 5.75 Å². The van der Waals surface area contributed by atoms with E-state index in [1.165, 1.54) is 12.1 Å². The van der Waals surface area contributed by atoms with E-state index in [0.29, 0.717) is 31.5 Å². The van der Waals surface area contributed by atoms with Crippen LogP contribution in [-0.4, -0.2) is 0 Å². The van der Waals surface area contributed by atoms with Gasteiger partial charge in [-0.2, -0.15) is 0 Å². The Balaban J connectivity index is 2.16. The quantitative estimate of drug-likeness (QED) is 0.610. The van der Waals surface area contributed by atoms with E-state index in [9.17, 15) is 4.39 Å². The largest absolute Gasteiger partial charge is 0.487 e. The van der Waals surface area contributed by atoms with Crippen molar-refractivity contribution in [2.24, 2.45) is 0 Å².